The molecule has 0 spiro atoms. The zero-order valence-corrected chi connectivity index (χ0v) is 8.60. The highest BCUT2D eigenvalue weighted by Crippen LogP contribution is 2.23. The van der Waals surface area contributed by atoms with Crippen molar-refractivity contribution in [1.82, 2.24) is 14.8 Å². The van der Waals surface area contributed by atoms with Gasteiger partial charge in [-0.05, 0) is 12.8 Å². The number of nitrogens with one attached hydrogen (secondary N) is 1. The summed E-state index contributed by atoms with van der Waals surface area (Å²) in [4.78, 5) is 10.4. The van der Waals surface area contributed by atoms with Crippen molar-refractivity contribution in [3.8, 4) is 0 Å². The van der Waals surface area contributed by atoms with Gasteiger partial charge in [0.15, 0.2) is 0 Å². The predicted octanol–water partition coefficient (Wildman–Crippen LogP) is 0.407. The largest absolute Gasteiger partial charge is 0.481 e. The van der Waals surface area contributed by atoms with Gasteiger partial charge in [0.2, 0.25) is 5.95 Å². The number of carbonyl (C=O) groups is 1. The van der Waals surface area contributed by atoms with E-state index in [0.717, 1.165) is 5.95 Å². The van der Waals surface area contributed by atoms with Crippen LogP contribution in [-0.2, 0) is 18.3 Å². The van der Waals surface area contributed by atoms with E-state index in [1.54, 1.807) is 0 Å². The van der Waals surface area contributed by atoms with E-state index >= 15 is 0 Å². The van der Waals surface area contributed by atoms with Crippen LogP contribution in [0.25, 0.3) is 0 Å². The second-order valence-corrected chi connectivity index (χ2v) is 3.81. The molecule has 1 aromatic rings. The molecule has 0 aromatic carbocycles. The van der Waals surface area contributed by atoms with Crippen molar-refractivity contribution >= 4 is 11.9 Å². The average Bonchev–Trinajstić information content (AvgIpc) is 2.92. The fourth-order valence-electron chi connectivity index (χ4n) is 1.33. The molecule has 1 aliphatic rings. The van der Waals surface area contributed by atoms with Crippen molar-refractivity contribution in [2.24, 2.45) is 7.05 Å². The van der Waals surface area contributed by atoms with Gasteiger partial charge in [-0.2, -0.15) is 0 Å². The summed E-state index contributed by atoms with van der Waals surface area (Å²) >= 11 is 0. The lowest BCUT2D eigenvalue weighted by atomic mass is 10.3. The number of hydrogen-bond donors (Lipinski definition) is 2. The van der Waals surface area contributed by atoms with E-state index in [1.165, 1.54) is 12.8 Å². The molecule has 0 bridgehead atoms. The second-order valence-electron chi connectivity index (χ2n) is 3.81. The van der Waals surface area contributed by atoms with Crippen LogP contribution >= 0.6 is 0 Å². The fraction of sp³-hybridized carbons (Fsp3) is 0.667. The molecule has 0 aliphatic heterocycles. The van der Waals surface area contributed by atoms with Gasteiger partial charge in [-0.3, -0.25) is 4.79 Å². The van der Waals surface area contributed by atoms with E-state index in [1.807, 2.05) is 11.6 Å². The Labute approximate surface area is 87.3 Å². The van der Waals surface area contributed by atoms with Crippen LogP contribution in [0, 0.1) is 0 Å². The number of rotatable bonds is 5. The number of anilines is 1. The van der Waals surface area contributed by atoms with Gasteiger partial charge in [-0.25, -0.2) is 0 Å². The summed E-state index contributed by atoms with van der Waals surface area (Å²) in [6, 6.07) is 0.528. The number of aliphatic carboxylic acids is 1. The van der Waals surface area contributed by atoms with Crippen LogP contribution in [0.15, 0.2) is 0 Å². The lowest BCUT2D eigenvalue weighted by Gasteiger charge is -2.04. The molecule has 82 valence electrons. The Morgan fingerprint density at radius 3 is 2.93 bits per heavy atom. The molecule has 1 saturated carbocycles. The second kappa shape index (κ2) is 3.88. The molecule has 6 nitrogen and oxygen atoms in total. The molecular weight excluding hydrogens is 196 g/mol. The standard InChI is InChI=1S/C9H14N4O2/c1-13-7(4-5-8(14)15)11-12-9(13)10-6-2-3-6/h6H,2-5H2,1H3,(H,10,12)(H,14,15). The third kappa shape index (κ3) is 2.45. The van der Waals surface area contributed by atoms with Crippen molar-refractivity contribution in [1.29, 1.82) is 0 Å². The van der Waals surface area contributed by atoms with Gasteiger partial charge in [-0.1, -0.05) is 0 Å². The van der Waals surface area contributed by atoms with Crippen molar-refractivity contribution in [3.05, 3.63) is 5.82 Å². The maximum absolute atomic E-state index is 10.4. The summed E-state index contributed by atoms with van der Waals surface area (Å²) in [5.74, 6) is 0.633. The van der Waals surface area contributed by atoms with Crippen LogP contribution in [0.1, 0.15) is 25.1 Å². The van der Waals surface area contributed by atoms with Crippen molar-refractivity contribution < 1.29 is 9.90 Å². The highest BCUT2D eigenvalue weighted by molar-refractivity contribution is 5.66. The molecule has 1 fully saturated rings. The van der Waals surface area contributed by atoms with Crippen molar-refractivity contribution in [3.63, 3.8) is 0 Å². The third-order valence-corrected chi connectivity index (χ3v) is 2.44. The molecule has 6 heteroatoms. The molecule has 0 atom stereocenters. The summed E-state index contributed by atoms with van der Waals surface area (Å²) in [5.41, 5.74) is 0. The number of aryl methyl sites for hydroxylation is 1. The minimum atomic E-state index is -0.810. The highest BCUT2D eigenvalue weighted by Gasteiger charge is 2.23. The lowest BCUT2D eigenvalue weighted by Crippen LogP contribution is -2.09. The van der Waals surface area contributed by atoms with E-state index in [4.69, 9.17) is 5.11 Å². The molecule has 0 radical (unpaired) electrons. The molecule has 0 unspecified atom stereocenters. The van der Waals surface area contributed by atoms with Crippen LogP contribution in [0.3, 0.4) is 0 Å². The van der Waals surface area contributed by atoms with E-state index < -0.39 is 5.97 Å². The van der Waals surface area contributed by atoms with Crippen LogP contribution in [-0.4, -0.2) is 31.9 Å². The van der Waals surface area contributed by atoms with Crippen LogP contribution in [0.4, 0.5) is 5.95 Å². The molecule has 2 N–H and O–H groups in total. The number of carboxylic acids is 1. The molecule has 0 saturated heterocycles. The fourth-order valence-corrected chi connectivity index (χ4v) is 1.33. The monoisotopic (exact) mass is 210 g/mol. The Morgan fingerprint density at radius 1 is 1.60 bits per heavy atom. The van der Waals surface area contributed by atoms with Crippen LogP contribution < -0.4 is 5.32 Å². The number of hydrogen-bond acceptors (Lipinski definition) is 4. The summed E-state index contributed by atoms with van der Waals surface area (Å²) in [6.45, 7) is 0. The Hall–Kier alpha value is -1.59. The first-order chi connectivity index (χ1) is 7.16. The lowest BCUT2D eigenvalue weighted by molar-refractivity contribution is -0.137. The Kier molecular flexibility index (Phi) is 2.57. The SMILES string of the molecule is Cn1c(CCC(=O)O)nnc1NC1CC1. The van der Waals surface area contributed by atoms with Gasteiger partial charge in [0.1, 0.15) is 5.82 Å². The van der Waals surface area contributed by atoms with Crippen molar-refractivity contribution in [2.75, 3.05) is 5.32 Å². The molecule has 15 heavy (non-hydrogen) atoms. The molecule has 0 amide bonds. The van der Waals surface area contributed by atoms with Gasteiger partial charge in [-0.15, -0.1) is 10.2 Å². The molecule has 1 aromatic heterocycles. The quantitative estimate of drug-likeness (QED) is 0.735. The topological polar surface area (TPSA) is 80.0 Å². The smallest absolute Gasteiger partial charge is 0.303 e. The number of carboxylic acid groups (broad SMARTS) is 1. The molecule has 1 heterocycles. The first kappa shape index (κ1) is 9.95. The summed E-state index contributed by atoms with van der Waals surface area (Å²) in [5, 5.41) is 19.7. The van der Waals surface area contributed by atoms with E-state index in [0.29, 0.717) is 18.3 Å². The summed E-state index contributed by atoms with van der Waals surface area (Å²) in [7, 11) is 1.85. The van der Waals surface area contributed by atoms with Crippen molar-refractivity contribution in [2.45, 2.75) is 31.7 Å². The Bertz CT molecular complexity index is 370. The normalized spacial score (nSPS) is 15.3. The van der Waals surface area contributed by atoms with Gasteiger partial charge >= 0.3 is 5.97 Å². The summed E-state index contributed by atoms with van der Waals surface area (Å²) in [6.07, 6.45) is 2.87. The minimum Gasteiger partial charge on any atom is -0.481 e. The zero-order chi connectivity index (χ0) is 10.8. The zero-order valence-electron chi connectivity index (χ0n) is 8.60. The van der Waals surface area contributed by atoms with E-state index in [-0.39, 0.29) is 6.42 Å². The highest BCUT2D eigenvalue weighted by atomic mass is 16.4. The van der Waals surface area contributed by atoms with E-state index in [2.05, 4.69) is 15.5 Å². The van der Waals surface area contributed by atoms with Crippen LogP contribution in [0.5, 0.6) is 0 Å². The molecule has 1 aliphatic carbocycles. The van der Waals surface area contributed by atoms with Gasteiger partial charge < -0.3 is 15.0 Å². The average molecular weight is 210 g/mol. The van der Waals surface area contributed by atoms with Gasteiger partial charge in [0, 0.05) is 19.5 Å². The number of aromatic nitrogens is 3. The maximum Gasteiger partial charge on any atom is 0.303 e. The summed E-state index contributed by atoms with van der Waals surface area (Å²) < 4.78 is 1.82. The number of nitrogens with zero attached hydrogens (tertiary/aromatic N) is 3. The Morgan fingerprint density at radius 2 is 2.33 bits per heavy atom. The van der Waals surface area contributed by atoms with Gasteiger partial charge in [0.25, 0.3) is 0 Å². The molecule has 2 rings (SSSR count). The third-order valence-electron chi connectivity index (χ3n) is 2.44. The van der Waals surface area contributed by atoms with Gasteiger partial charge in [0.05, 0.1) is 6.42 Å². The predicted molar refractivity (Wildman–Crippen MR) is 53.6 cm³/mol. The minimum absolute atomic E-state index is 0.0927. The molecular formula is C9H14N4O2. The first-order valence-corrected chi connectivity index (χ1v) is 5.03. The maximum atomic E-state index is 10.4. The first-order valence-electron chi connectivity index (χ1n) is 5.03. The Balaban J connectivity index is 1.98. The van der Waals surface area contributed by atoms with Crippen LogP contribution in [0.2, 0.25) is 0 Å². The van der Waals surface area contributed by atoms with E-state index in [9.17, 15) is 4.79 Å².